The van der Waals surface area contributed by atoms with Gasteiger partial charge in [0, 0.05) is 43.2 Å². The van der Waals surface area contributed by atoms with Crippen LogP contribution in [-0.2, 0) is 13.5 Å². The number of aryl methyl sites for hydroxylation is 1. The highest BCUT2D eigenvalue weighted by Gasteiger charge is 2.30. The summed E-state index contributed by atoms with van der Waals surface area (Å²) in [5.74, 6) is 0. The van der Waals surface area contributed by atoms with Crippen molar-refractivity contribution >= 4 is 11.8 Å². The quantitative estimate of drug-likeness (QED) is 0.804. The molecular formula is C14H25N3S. The molecule has 1 N–H and O–H groups in total. The van der Waals surface area contributed by atoms with E-state index in [1.165, 1.54) is 37.8 Å². The molecule has 4 heteroatoms. The number of nitrogens with zero attached hydrogens (tertiary/aromatic N) is 2. The largest absolute Gasteiger partial charge is 0.315 e. The maximum atomic E-state index is 4.20. The van der Waals surface area contributed by atoms with Crippen molar-refractivity contribution < 1.29 is 0 Å². The van der Waals surface area contributed by atoms with Crippen molar-refractivity contribution in [1.82, 2.24) is 15.1 Å². The molecule has 1 heterocycles. The van der Waals surface area contributed by atoms with E-state index in [1.54, 1.807) is 0 Å². The Balaban J connectivity index is 1.72. The van der Waals surface area contributed by atoms with Gasteiger partial charge in [0.2, 0.25) is 0 Å². The molecule has 0 aromatic carbocycles. The van der Waals surface area contributed by atoms with Crippen molar-refractivity contribution in [1.29, 1.82) is 0 Å². The minimum atomic E-state index is 0.505. The summed E-state index contributed by atoms with van der Waals surface area (Å²) in [4.78, 5) is 0. The summed E-state index contributed by atoms with van der Waals surface area (Å²) < 4.78 is 2.47. The first-order chi connectivity index (χ1) is 8.76. The van der Waals surface area contributed by atoms with Crippen LogP contribution in [0.4, 0.5) is 0 Å². The molecule has 1 saturated carbocycles. The monoisotopic (exact) mass is 267 g/mol. The molecule has 18 heavy (non-hydrogen) atoms. The predicted molar refractivity (Wildman–Crippen MR) is 79.1 cm³/mol. The lowest BCUT2D eigenvalue weighted by molar-refractivity contribution is 0.380. The summed E-state index contributed by atoms with van der Waals surface area (Å²) in [7, 11) is 2.01. The van der Waals surface area contributed by atoms with Crippen LogP contribution in [0.25, 0.3) is 0 Å². The van der Waals surface area contributed by atoms with Crippen molar-refractivity contribution in [2.75, 3.05) is 19.3 Å². The van der Waals surface area contributed by atoms with E-state index in [4.69, 9.17) is 0 Å². The first-order valence-electron chi connectivity index (χ1n) is 6.98. The van der Waals surface area contributed by atoms with Gasteiger partial charge in [-0.05, 0) is 25.2 Å². The van der Waals surface area contributed by atoms with Crippen molar-refractivity contribution in [3.05, 3.63) is 18.0 Å². The lowest BCUT2D eigenvalue weighted by Gasteiger charge is -2.36. The van der Waals surface area contributed by atoms with E-state index < -0.39 is 0 Å². The van der Waals surface area contributed by atoms with Gasteiger partial charge in [-0.25, -0.2) is 0 Å². The lowest BCUT2D eigenvalue weighted by Crippen LogP contribution is -2.40. The smallest absolute Gasteiger partial charge is 0.0492 e. The molecule has 1 aliphatic rings. The van der Waals surface area contributed by atoms with E-state index in [1.807, 2.05) is 17.9 Å². The third-order valence-electron chi connectivity index (χ3n) is 4.13. The fraction of sp³-hybridized carbons (Fsp3) is 0.786. The molecule has 0 atom stereocenters. The fourth-order valence-electron chi connectivity index (χ4n) is 2.83. The second-order valence-corrected chi connectivity index (χ2v) is 6.59. The van der Waals surface area contributed by atoms with Crippen molar-refractivity contribution in [2.45, 2.75) is 43.3 Å². The summed E-state index contributed by atoms with van der Waals surface area (Å²) in [6.45, 7) is 2.22. The van der Waals surface area contributed by atoms with E-state index in [9.17, 15) is 0 Å². The topological polar surface area (TPSA) is 29.9 Å². The Kier molecular flexibility index (Phi) is 5.13. The molecule has 1 fully saturated rings. The summed E-state index contributed by atoms with van der Waals surface area (Å²) in [6.07, 6.45) is 12.2. The second kappa shape index (κ2) is 6.62. The minimum Gasteiger partial charge on any atom is -0.315 e. The van der Waals surface area contributed by atoms with Crippen LogP contribution in [0.2, 0.25) is 0 Å². The maximum Gasteiger partial charge on any atom is 0.0492 e. The first kappa shape index (κ1) is 13.9. The molecule has 0 amide bonds. The van der Waals surface area contributed by atoms with Crippen LogP contribution in [0.15, 0.2) is 12.3 Å². The van der Waals surface area contributed by atoms with Crippen LogP contribution in [0.5, 0.6) is 0 Å². The molecule has 0 radical (unpaired) electrons. The second-order valence-electron chi connectivity index (χ2n) is 5.32. The maximum absolute atomic E-state index is 4.20. The average molecular weight is 267 g/mol. The summed E-state index contributed by atoms with van der Waals surface area (Å²) in [5.41, 5.74) is 1.31. The van der Waals surface area contributed by atoms with Gasteiger partial charge in [-0.3, -0.25) is 4.68 Å². The van der Waals surface area contributed by atoms with Crippen LogP contribution in [0.1, 0.15) is 37.8 Å². The summed E-state index contributed by atoms with van der Waals surface area (Å²) in [5, 5.41) is 7.85. The van der Waals surface area contributed by atoms with E-state index in [0.29, 0.717) is 4.75 Å². The van der Waals surface area contributed by atoms with Gasteiger partial charge in [0.1, 0.15) is 0 Å². The molecule has 1 aromatic rings. The standard InChI is InChI=1S/C14H25N3S/c1-17-13(7-11-16-17)6-10-15-12-14(18-2)8-4-3-5-9-14/h7,11,15H,3-6,8-10,12H2,1-2H3. The number of rotatable bonds is 6. The highest BCUT2D eigenvalue weighted by Crippen LogP contribution is 2.37. The molecule has 1 aliphatic carbocycles. The molecule has 0 unspecified atom stereocenters. The molecule has 1 aromatic heterocycles. The predicted octanol–water partition coefficient (Wildman–Crippen LogP) is 2.62. The molecule has 102 valence electrons. The van der Waals surface area contributed by atoms with E-state index in [0.717, 1.165) is 19.5 Å². The van der Waals surface area contributed by atoms with Gasteiger partial charge in [-0.2, -0.15) is 16.9 Å². The fourth-order valence-corrected chi connectivity index (χ4v) is 3.77. The SMILES string of the molecule is CSC1(CNCCc2ccnn2C)CCCCC1. The van der Waals surface area contributed by atoms with Gasteiger partial charge >= 0.3 is 0 Å². The van der Waals surface area contributed by atoms with Gasteiger partial charge in [-0.15, -0.1) is 0 Å². The van der Waals surface area contributed by atoms with Gasteiger partial charge in [-0.1, -0.05) is 19.3 Å². The van der Waals surface area contributed by atoms with Gasteiger partial charge in [0.25, 0.3) is 0 Å². The van der Waals surface area contributed by atoms with Gasteiger partial charge in [0.05, 0.1) is 0 Å². The van der Waals surface area contributed by atoms with E-state index >= 15 is 0 Å². The van der Waals surface area contributed by atoms with Crippen molar-refractivity contribution in [3.8, 4) is 0 Å². The minimum absolute atomic E-state index is 0.505. The van der Waals surface area contributed by atoms with Gasteiger partial charge in [0.15, 0.2) is 0 Å². The Hall–Kier alpha value is -0.480. The molecule has 0 bridgehead atoms. The average Bonchev–Trinajstić information content (AvgIpc) is 2.82. The number of hydrogen-bond acceptors (Lipinski definition) is 3. The van der Waals surface area contributed by atoms with Crippen LogP contribution < -0.4 is 5.32 Å². The number of nitrogens with one attached hydrogen (secondary N) is 1. The third kappa shape index (κ3) is 3.51. The van der Waals surface area contributed by atoms with Crippen molar-refractivity contribution in [3.63, 3.8) is 0 Å². The Labute approximate surface area is 115 Å². The van der Waals surface area contributed by atoms with Crippen LogP contribution in [0.3, 0.4) is 0 Å². The van der Waals surface area contributed by atoms with E-state index in [2.05, 4.69) is 34.5 Å². The van der Waals surface area contributed by atoms with Crippen molar-refractivity contribution in [2.24, 2.45) is 7.05 Å². The Morgan fingerprint density at radius 1 is 1.39 bits per heavy atom. The van der Waals surface area contributed by atoms with Gasteiger partial charge < -0.3 is 5.32 Å². The molecule has 2 rings (SSSR count). The van der Waals surface area contributed by atoms with Crippen LogP contribution in [0, 0.1) is 0 Å². The Morgan fingerprint density at radius 3 is 2.78 bits per heavy atom. The zero-order valence-electron chi connectivity index (χ0n) is 11.6. The zero-order valence-corrected chi connectivity index (χ0v) is 12.4. The summed E-state index contributed by atoms with van der Waals surface area (Å²) >= 11 is 2.06. The van der Waals surface area contributed by atoms with Crippen LogP contribution in [-0.4, -0.2) is 33.9 Å². The number of aromatic nitrogens is 2. The first-order valence-corrected chi connectivity index (χ1v) is 8.21. The number of hydrogen-bond donors (Lipinski definition) is 1. The highest BCUT2D eigenvalue weighted by atomic mass is 32.2. The lowest BCUT2D eigenvalue weighted by atomic mass is 9.88. The number of thioether (sulfide) groups is 1. The molecule has 0 aliphatic heterocycles. The highest BCUT2D eigenvalue weighted by molar-refractivity contribution is 8.00. The Bertz CT molecular complexity index is 356. The summed E-state index contributed by atoms with van der Waals surface area (Å²) in [6, 6.07) is 2.10. The Morgan fingerprint density at radius 2 is 2.17 bits per heavy atom. The normalized spacial score (nSPS) is 19.0. The zero-order chi connectivity index (χ0) is 12.8. The van der Waals surface area contributed by atoms with E-state index in [-0.39, 0.29) is 0 Å². The molecule has 3 nitrogen and oxygen atoms in total. The molecule has 0 saturated heterocycles. The molecular weight excluding hydrogens is 242 g/mol. The van der Waals surface area contributed by atoms with Crippen LogP contribution >= 0.6 is 11.8 Å². The molecule has 0 spiro atoms. The third-order valence-corrected chi connectivity index (χ3v) is 5.54.